The number of hydrogen-bond acceptors (Lipinski definition) is 3. The minimum absolute atomic E-state index is 0.0134. The minimum Gasteiger partial charge on any atom is -0.352 e. The Morgan fingerprint density at radius 2 is 2.29 bits per heavy atom. The first-order valence-electron chi connectivity index (χ1n) is 5.41. The number of aryl methyl sites for hydroxylation is 1. The lowest BCUT2D eigenvalue weighted by Gasteiger charge is -2.04. The second kappa shape index (κ2) is 5.10. The average Bonchev–Trinajstić information content (AvgIpc) is 2.74. The number of nitrogens with one attached hydrogen (secondary N) is 1. The normalized spacial score (nSPS) is 10.2. The van der Waals surface area contributed by atoms with Crippen molar-refractivity contribution >= 4 is 17.2 Å². The van der Waals surface area contributed by atoms with Crippen LogP contribution >= 0.6 is 11.3 Å². The van der Waals surface area contributed by atoms with E-state index >= 15 is 0 Å². The predicted octanol–water partition coefficient (Wildman–Crippen LogP) is 2.75. The molecule has 0 radical (unpaired) electrons. The Kier molecular flexibility index (Phi) is 3.54. The molecule has 0 bridgehead atoms. The molecule has 0 aliphatic heterocycles. The highest BCUT2D eigenvalue weighted by molar-refractivity contribution is 7.13. The Labute approximate surface area is 105 Å². The number of aromatic nitrogens is 1. The standard InChI is InChI=1S/C13H14N2OS/c1-9-8-17-13(15-9)12-5-3-4-11(6-12)7-14-10(2)16/h3-6,8H,7H2,1-2H3,(H,14,16). The summed E-state index contributed by atoms with van der Waals surface area (Å²) >= 11 is 1.64. The molecule has 1 aromatic carbocycles. The first kappa shape index (κ1) is 11.8. The highest BCUT2D eigenvalue weighted by Crippen LogP contribution is 2.24. The molecule has 4 heteroatoms. The van der Waals surface area contributed by atoms with Crippen molar-refractivity contribution in [2.45, 2.75) is 20.4 Å². The average molecular weight is 246 g/mol. The summed E-state index contributed by atoms with van der Waals surface area (Å²) in [7, 11) is 0. The van der Waals surface area contributed by atoms with E-state index < -0.39 is 0 Å². The van der Waals surface area contributed by atoms with Crippen LogP contribution in [-0.2, 0) is 11.3 Å². The van der Waals surface area contributed by atoms with E-state index in [2.05, 4.69) is 16.4 Å². The van der Waals surface area contributed by atoms with Crippen LogP contribution in [0.4, 0.5) is 0 Å². The maximum absolute atomic E-state index is 10.9. The number of carbonyl (C=O) groups is 1. The third kappa shape index (κ3) is 3.14. The number of amides is 1. The van der Waals surface area contributed by atoms with E-state index in [4.69, 9.17) is 0 Å². The molecule has 0 fully saturated rings. The van der Waals surface area contributed by atoms with Crippen molar-refractivity contribution in [1.82, 2.24) is 10.3 Å². The molecule has 0 atom stereocenters. The van der Waals surface area contributed by atoms with E-state index in [9.17, 15) is 4.79 Å². The van der Waals surface area contributed by atoms with Crippen LogP contribution in [0, 0.1) is 6.92 Å². The van der Waals surface area contributed by atoms with Gasteiger partial charge in [0.1, 0.15) is 5.01 Å². The fraction of sp³-hybridized carbons (Fsp3) is 0.231. The second-order valence-corrected chi connectivity index (χ2v) is 4.76. The van der Waals surface area contributed by atoms with Crippen LogP contribution in [0.25, 0.3) is 10.6 Å². The number of benzene rings is 1. The van der Waals surface area contributed by atoms with Crippen molar-refractivity contribution in [2.24, 2.45) is 0 Å². The van der Waals surface area contributed by atoms with Gasteiger partial charge < -0.3 is 5.32 Å². The molecule has 0 spiro atoms. The van der Waals surface area contributed by atoms with Gasteiger partial charge in [0.2, 0.25) is 5.91 Å². The van der Waals surface area contributed by atoms with Gasteiger partial charge in [-0.1, -0.05) is 18.2 Å². The largest absolute Gasteiger partial charge is 0.352 e. The van der Waals surface area contributed by atoms with Crippen molar-refractivity contribution < 1.29 is 4.79 Å². The van der Waals surface area contributed by atoms with Crippen LogP contribution in [0.5, 0.6) is 0 Å². The molecule has 2 rings (SSSR count). The molecule has 0 unspecified atom stereocenters. The smallest absolute Gasteiger partial charge is 0.217 e. The molecule has 1 N–H and O–H groups in total. The summed E-state index contributed by atoms with van der Waals surface area (Å²) in [6, 6.07) is 8.09. The molecule has 0 aliphatic rings. The Balaban J connectivity index is 2.19. The Bertz CT molecular complexity index is 534. The monoisotopic (exact) mass is 246 g/mol. The van der Waals surface area contributed by atoms with Gasteiger partial charge in [-0.3, -0.25) is 4.79 Å². The zero-order chi connectivity index (χ0) is 12.3. The Hall–Kier alpha value is -1.68. The molecular formula is C13H14N2OS. The number of nitrogens with zero attached hydrogens (tertiary/aromatic N) is 1. The predicted molar refractivity (Wildman–Crippen MR) is 69.8 cm³/mol. The fourth-order valence-corrected chi connectivity index (χ4v) is 2.32. The zero-order valence-corrected chi connectivity index (χ0v) is 10.7. The molecule has 88 valence electrons. The van der Waals surface area contributed by atoms with Gasteiger partial charge in [0.15, 0.2) is 0 Å². The van der Waals surface area contributed by atoms with Crippen molar-refractivity contribution in [3.63, 3.8) is 0 Å². The van der Waals surface area contributed by atoms with Crippen LogP contribution in [0.15, 0.2) is 29.6 Å². The van der Waals surface area contributed by atoms with E-state index in [0.29, 0.717) is 6.54 Å². The molecule has 17 heavy (non-hydrogen) atoms. The Morgan fingerprint density at radius 3 is 2.94 bits per heavy atom. The first-order chi connectivity index (χ1) is 8.15. The topological polar surface area (TPSA) is 42.0 Å². The van der Waals surface area contributed by atoms with Crippen molar-refractivity contribution in [3.05, 3.63) is 40.9 Å². The second-order valence-electron chi connectivity index (χ2n) is 3.90. The van der Waals surface area contributed by atoms with Gasteiger partial charge >= 0.3 is 0 Å². The highest BCUT2D eigenvalue weighted by atomic mass is 32.1. The van der Waals surface area contributed by atoms with Crippen molar-refractivity contribution in [1.29, 1.82) is 0 Å². The van der Waals surface area contributed by atoms with Crippen LogP contribution in [0.1, 0.15) is 18.2 Å². The minimum atomic E-state index is -0.0134. The van der Waals surface area contributed by atoms with Crippen LogP contribution in [0.2, 0.25) is 0 Å². The maximum Gasteiger partial charge on any atom is 0.217 e. The summed E-state index contributed by atoms with van der Waals surface area (Å²) in [4.78, 5) is 15.3. The van der Waals surface area contributed by atoms with Gasteiger partial charge in [0.25, 0.3) is 0 Å². The highest BCUT2D eigenvalue weighted by Gasteiger charge is 2.03. The molecule has 0 saturated carbocycles. The SMILES string of the molecule is CC(=O)NCc1cccc(-c2nc(C)cs2)c1. The molecule has 0 saturated heterocycles. The third-order valence-electron chi connectivity index (χ3n) is 2.33. The van der Waals surface area contributed by atoms with E-state index in [1.807, 2.05) is 30.5 Å². The summed E-state index contributed by atoms with van der Waals surface area (Å²) in [5.74, 6) is -0.0134. The fourth-order valence-electron chi connectivity index (χ4n) is 1.53. The number of rotatable bonds is 3. The molecule has 2 aromatic rings. The number of hydrogen-bond donors (Lipinski definition) is 1. The zero-order valence-electron chi connectivity index (χ0n) is 9.86. The molecular weight excluding hydrogens is 232 g/mol. The van der Waals surface area contributed by atoms with Crippen molar-refractivity contribution in [2.75, 3.05) is 0 Å². The van der Waals surface area contributed by atoms with Crippen molar-refractivity contribution in [3.8, 4) is 10.6 Å². The van der Waals surface area contributed by atoms with E-state index in [1.54, 1.807) is 11.3 Å². The molecule has 1 amide bonds. The lowest BCUT2D eigenvalue weighted by molar-refractivity contribution is -0.119. The van der Waals surface area contributed by atoms with Gasteiger partial charge in [0.05, 0.1) is 0 Å². The molecule has 1 heterocycles. The molecule has 1 aromatic heterocycles. The van der Waals surface area contributed by atoms with Crippen LogP contribution < -0.4 is 5.32 Å². The summed E-state index contributed by atoms with van der Waals surface area (Å²) < 4.78 is 0. The molecule has 0 aliphatic carbocycles. The Morgan fingerprint density at radius 1 is 1.47 bits per heavy atom. The summed E-state index contributed by atoms with van der Waals surface area (Å²) in [6.07, 6.45) is 0. The lowest BCUT2D eigenvalue weighted by Crippen LogP contribution is -2.18. The summed E-state index contributed by atoms with van der Waals surface area (Å²) in [5, 5.41) is 5.85. The lowest BCUT2D eigenvalue weighted by atomic mass is 10.1. The van der Waals surface area contributed by atoms with E-state index in [0.717, 1.165) is 21.8 Å². The summed E-state index contributed by atoms with van der Waals surface area (Å²) in [5.41, 5.74) is 3.23. The van der Waals surface area contributed by atoms with Gasteiger partial charge in [-0.25, -0.2) is 4.98 Å². The molecule has 3 nitrogen and oxygen atoms in total. The number of carbonyl (C=O) groups excluding carboxylic acids is 1. The van der Waals surface area contributed by atoms with Gasteiger partial charge in [-0.15, -0.1) is 11.3 Å². The number of thiazole rings is 1. The van der Waals surface area contributed by atoms with Gasteiger partial charge in [0, 0.05) is 30.1 Å². The maximum atomic E-state index is 10.9. The summed E-state index contributed by atoms with van der Waals surface area (Å²) in [6.45, 7) is 4.07. The van der Waals surface area contributed by atoms with E-state index in [-0.39, 0.29) is 5.91 Å². The van der Waals surface area contributed by atoms with Crippen LogP contribution in [-0.4, -0.2) is 10.9 Å². The van der Waals surface area contributed by atoms with Gasteiger partial charge in [-0.05, 0) is 18.6 Å². The first-order valence-corrected chi connectivity index (χ1v) is 6.29. The van der Waals surface area contributed by atoms with Crippen LogP contribution in [0.3, 0.4) is 0 Å². The van der Waals surface area contributed by atoms with Gasteiger partial charge in [-0.2, -0.15) is 0 Å². The van der Waals surface area contributed by atoms with E-state index in [1.165, 1.54) is 6.92 Å². The quantitative estimate of drug-likeness (QED) is 0.904. The third-order valence-corrected chi connectivity index (χ3v) is 3.34.